The largest absolute Gasteiger partial charge is 0.390 e. The highest BCUT2D eigenvalue weighted by atomic mass is 19.2. The molecule has 0 heterocycles. The van der Waals surface area contributed by atoms with Gasteiger partial charge in [-0.1, -0.05) is 6.07 Å². The molecule has 1 aromatic carbocycles. The molecule has 1 rings (SSSR count). The van der Waals surface area contributed by atoms with Crippen LogP contribution in [0, 0.1) is 11.6 Å². The van der Waals surface area contributed by atoms with Crippen LogP contribution in [0.1, 0.15) is 19.4 Å². The molecule has 0 bridgehead atoms. The van der Waals surface area contributed by atoms with Crippen molar-refractivity contribution in [3.05, 3.63) is 35.4 Å². The molecule has 90 valence electrons. The van der Waals surface area contributed by atoms with Gasteiger partial charge >= 0.3 is 0 Å². The molecule has 0 amide bonds. The summed E-state index contributed by atoms with van der Waals surface area (Å²) in [5.41, 5.74) is -0.179. The average Bonchev–Trinajstić information content (AvgIpc) is 2.23. The van der Waals surface area contributed by atoms with E-state index in [9.17, 15) is 13.9 Å². The number of hydrogen-bond acceptors (Lipinski definition) is 2. The molecule has 2 nitrogen and oxygen atoms in total. The van der Waals surface area contributed by atoms with Gasteiger partial charge in [-0.15, -0.1) is 0 Å². The van der Waals surface area contributed by atoms with Gasteiger partial charge in [-0.05, 0) is 31.5 Å². The molecule has 0 spiro atoms. The van der Waals surface area contributed by atoms with E-state index < -0.39 is 23.3 Å². The SMILES string of the molecule is COC(C)(C)C(O)Cc1ccc(F)c(F)c1. The summed E-state index contributed by atoms with van der Waals surface area (Å²) in [6, 6.07) is 3.59. The Morgan fingerprint density at radius 1 is 1.31 bits per heavy atom. The molecular formula is C12H16F2O2. The van der Waals surface area contributed by atoms with Crippen molar-refractivity contribution in [3.8, 4) is 0 Å². The lowest BCUT2D eigenvalue weighted by atomic mass is 9.95. The van der Waals surface area contributed by atoms with E-state index in [0.717, 1.165) is 12.1 Å². The van der Waals surface area contributed by atoms with Crippen LogP contribution in [0.15, 0.2) is 18.2 Å². The standard InChI is InChI=1S/C12H16F2O2/c1-12(2,16-3)11(15)7-8-4-5-9(13)10(14)6-8/h4-6,11,15H,7H2,1-3H3. The van der Waals surface area contributed by atoms with E-state index in [0.29, 0.717) is 5.56 Å². The second kappa shape index (κ2) is 4.89. The zero-order chi connectivity index (χ0) is 12.3. The predicted molar refractivity (Wildman–Crippen MR) is 57.2 cm³/mol. The van der Waals surface area contributed by atoms with Gasteiger partial charge in [-0.3, -0.25) is 0 Å². The minimum atomic E-state index is -0.903. The molecule has 0 aliphatic heterocycles. The van der Waals surface area contributed by atoms with E-state index in [-0.39, 0.29) is 6.42 Å². The summed E-state index contributed by atoms with van der Waals surface area (Å²) in [6.07, 6.45) is -0.555. The van der Waals surface area contributed by atoms with E-state index in [1.54, 1.807) is 13.8 Å². The fourth-order valence-electron chi connectivity index (χ4n) is 1.27. The van der Waals surface area contributed by atoms with E-state index in [2.05, 4.69) is 0 Å². The Morgan fingerprint density at radius 2 is 1.94 bits per heavy atom. The van der Waals surface area contributed by atoms with E-state index in [1.165, 1.54) is 13.2 Å². The number of aliphatic hydroxyl groups is 1. The number of hydrogen-bond donors (Lipinski definition) is 1. The quantitative estimate of drug-likeness (QED) is 0.860. The molecule has 0 saturated heterocycles. The maximum atomic E-state index is 12.9. The van der Waals surface area contributed by atoms with Crippen molar-refractivity contribution in [2.24, 2.45) is 0 Å². The van der Waals surface area contributed by atoms with Crippen LogP contribution in [0.3, 0.4) is 0 Å². The molecule has 0 aromatic heterocycles. The maximum absolute atomic E-state index is 12.9. The maximum Gasteiger partial charge on any atom is 0.159 e. The van der Waals surface area contributed by atoms with E-state index >= 15 is 0 Å². The van der Waals surface area contributed by atoms with Crippen molar-refractivity contribution in [2.45, 2.75) is 32.0 Å². The average molecular weight is 230 g/mol. The van der Waals surface area contributed by atoms with Crippen molar-refractivity contribution in [1.29, 1.82) is 0 Å². The Hall–Kier alpha value is -1.00. The Kier molecular flexibility index (Phi) is 3.99. The number of ether oxygens (including phenoxy) is 1. The zero-order valence-electron chi connectivity index (χ0n) is 9.63. The van der Waals surface area contributed by atoms with Crippen LogP contribution >= 0.6 is 0 Å². The van der Waals surface area contributed by atoms with Gasteiger partial charge in [0, 0.05) is 13.5 Å². The van der Waals surface area contributed by atoms with Gasteiger partial charge in [0.25, 0.3) is 0 Å². The first-order chi connectivity index (χ1) is 7.36. The number of aliphatic hydroxyl groups excluding tert-OH is 1. The smallest absolute Gasteiger partial charge is 0.159 e. The highest BCUT2D eigenvalue weighted by Crippen LogP contribution is 2.19. The van der Waals surface area contributed by atoms with Crippen molar-refractivity contribution < 1.29 is 18.6 Å². The van der Waals surface area contributed by atoms with Crippen molar-refractivity contribution in [2.75, 3.05) is 7.11 Å². The lowest BCUT2D eigenvalue weighted by Gasteiger charge is -2.29. The number of rotatable bonds is 4. The van der Waals surface area contributed by atoms with Crippen LogP contribution in [0.4, 0.5) is 8.78 Å². The molecular weight excluding hydrogens is 214 g/mol. The van der Waals surface area contributed by atoms with Gasteiger partial charge < -0.3 is 9.84 Å². The van der Waals surface area contributed by atoms with Crippen LogP contribution in [-0.4, -0.2) is 23.9 Å². The van der Waals surface area contributed by atoms with Gasteiger partial charge in [-0.2, -0.15) is 0 Å². The first-order valence-corrected chi connectivity index (χ1v) is 5.04. The topological polar surface area (TPSA) is 29.5 Å². The van der Waals surface area contributed by atoms with Gasteiger partial charge in [0.2, 0.25) is 0 Å². The van der Waals surface area contributed by atoms with Gasteiger partial charge in [-0.25, -0.2) is 8.78 Å². The summed E-state index contributed by atoms with van der Waals surface area (Å²) >= 11 is 0. The van der Waals surface area contributed by atoms with Crippen LogP contribution in [0.2, 0.25) is 0 Å². The molecule has 0 saturated carbocycles. The lowest BCUT2D eigenvalue weighted by Crippen LogP contribution is -2.39. The molecule has 1 unspecified atom stereocenters. The Balaban J connectivity index is 2.77. The molecule has 4 heteroatoms. The molecule has 0 aliphatic carbocycles. The van der Waals surface area contributed by atoms with Crippen molar-refractivity contribution >= 4 is 0 Å². The monoisotopic (exact) mass is 230 g/mol. The summed E-state index contributed by atoms with van der Waals surface area (Å²) in [4.78, 5) is 0. The summed E-state index contributed by atoms with van der Waals surface area (Å²) < 4.78 is 30.7. The number of benzene rings is 1. The molecule has 1 N–H and O–H groups in total. The van der Waals surface area contributed by atoms with Gasteiger partial charge in [0.15, 0.2) is 11.6 Å². The van der Waals surface area contributed by atoms with E-state index in [4.69, 9.17) is 4.74 Å². The fraction of sp³-hybridized carbons (Fsp3) is 0.500. The molecule has 1 atom stereocenters. The molecule has 0 radical (unpaired) electrons. The molecule has 16 heavy (non-hydrogen) atoms. The van der Waals surface area contributed by atoms with Crippen LogP contribution in [0.5, 0.6) is 0 Å². The number of halogens is 2. The van der Waals surface area contributed by atoms with Crippen LogP contribution < -0.4 is 0 Å². The zero-order valence-corrected chi connectivity index (χ0v) is 9.63. The second-order valence-corrected chi connectivity index (χ2v) is 4.28. The van der Waals surface area contributed by atoms with Crippen LogP contribution in [0.25, 0.3) is 0 Å². The van der Waals surface area contributed by atoms with Crippen molar-refractivity contribution in [3.63, 3.8) is 0 Å². The van der Waals surface area contributed by atoms with Gasteiger partial charge in [0.1, 0.15) is 0 Å². The third-order valence-corrected chi connectivity index (χ3v) is 2.74. The summed E-state index contributed by atoms with van der Waals surface area (Å²) in [6.45, 7) is 3.47. The highest BCUT2D eigenvalue weighted by molar-refractivity contribution is 5.19. The molecule has 0 fully saturated rings. The molecule has 0 aliphatic rings. The fourth-order valence-corrected chi connectivity index (χ4v) is 1.27. The summed E-state index contributed by atoms with van der Waals surface area (Å²) in [7, 11) is 1.49. The Bertz CT molecular complexity index is 364. The minimum Gasteiger partial charge on any atom is -0.390 e. The van der Waals surface area contributed by atoms with Crippen LogP contribution in [-0.2, 0) is 11.2 Å². The summed E-state index contributed by atoms with van der Waals surface area (Å²) in [5.74, 6) is -1.79. The van der Waals surface area contributed by atoms with E-state index in [1.807, 2.05) is 0 Å². The second-order valence-electron chi connectivity index (χ2n) is 4.28. The first-order valence-electron chi connectivity index (χ1n) is 5.04. The Morgan fingerprint density at radius 3 is 2.44 bits per heavy atom. The third kappa shape index (κ3) is 3.00. The normalized spacial score (nSPS) is 13.9. The summed E-state index contributed by atoms with van der Waals surface area (Å²) in [5, 5.41) is 9.85. The highest BCUT2D eigenvalue weighted by Gasteiger charge is 2.27. The number of methoxy groups -OCH3 is 1. The minimum absolute atomic E-state index is 0.220. The van der Waals surface area contributed by atoms with Gasteiger partial charge in [0.05, 0.1) is 11.7 Å². The Labute approximate surface area is 93.9 Å². The predicted octanol–water partition coefficient (Wildman–Crippen LogP) is 2.29. The van der Waals surface area contributed by atoms with Crippen molar-refractivity contribution in [1.82, 2.24) is 0 Å². The first kappa shape index (κ1) is 13.1. The molecule has 1 aromatic rings. The third-order valence-electron chi connectivity index (χ3n) is 2.74. The lowest BCUT2D eigenvalue weighted by molar-refractivity contribution is -0.0765.